The van der Waals surface area contributed by atoms with Gasteiger partial charge in [-0.2, -0.15) is 35.1 Å². The van der Waals surface area contributed by atoms with Crippen molar-refractivity contribution in [2.45, 2.75) is 18.3 Å². The topological polar surface area (TPSA) is 31.2 Å². The molecule has 0 aliphatic rings. The van der Waals surface area contributed by atoms with E-state index in [0.717, 1.165) is 19.2 Å². The van der Waals surface area contributed by atoms with Crippen molar-refractivity contribution < 1.29 is 44.3 Å². The van der Waals surface area contributed by atoms with Gasteiger partial charge in [0, 0.05) is 12.6 Å². The zero-order valence-corrected chi connectivity index (χ0v) is 13.8. The molecule has 1 aromatic carbocycles. The van der Waals surface area contributed by atoms with Crippen molar-refractivity contribution in [2.75, 3.05) is 6.61 Å². The van der Waals surface area contributed by atoms with Crippen LogP contribution in [0.1, 0.15) is 5.56 Å². The molecule has 0 aliphatic heterocycles. The minimum Gasteiger partial charge on any atom is -0.472 e. The highest BCUT2D eigenvalue weighted by Gasteiger charge is 2.58. The van der Waals surface area contributed by atoms with Crippen molar-refractivity contribution in [3.8, 4) is 17.0 Å². The summed E-state index contributed by atoms with van der Waals surface area (Å²) in [4.78, 5) is 12.2. The molecule has 0 fully saturated rings. The van der Waals surface area contributed by atoms with E-state index in [2.05, 4.69) is 4.74 Å². The summed E-state index contributed by atoms with van der Waals surface area (Å²) < 4.78 is 119. The number of hydrogen-bond donors (Lipinski definition) is 0. The first-order valence-corrected chi connectivity index (χ1v) is 7.29. The van der Waals surface area contributed by atoms with Gasteiger partial charge in [0.1, 0.15) is 5.82 Å². The second kappa shape index (κ2) is 7.06. The van der Waals surface area contributed by atoms with Gasteiger partial charge in [-0.3, -0.25) is 9.36 Å². The van der Waals surface area contributed by atoms with Crippen LogP contribution < -0.4 is 10.3 Å². The fourth-order valence-corrected chi connectivity index (χ4v) is 2.12. The number of nitrogens with zero attached hydrogens (tertiary/aromatic N) is 1. The summed E-state index contributed by atoms with van der Waals surface area (Å²) in [6.45, 7) is -2.10. The number of hydrogen-bond acceptors (Lipinski definition) is 2. The highest BCUT2D eigenvalue weighted by atomic mass is 19.4. The van der Waals surface area contributed by atoms with Crippen LogP contribution in [0.2, 0.25) is 0 Å². The zero-order chi connectivity index (χ0) is 21.5. The molecule has 12 heteroatoms. The molecule has 0 atom stereocenters. The average Bonchev–Trinajstić information content (AvgIpc) is 2.55. The van der Waals surface area contributed by atoms with Crippen LogP contribution in [-0.4, -0.2) is 23.3 Å². The van der Waals surface area contributed by atoms with E-state index in [4.69, 9.17) is 0 Å². The van der Waals surface area contributed by atoms with Crippen LogP contribution >= 0.6 is 0 Å². The number of benzene rings is 1. The summed E-state index contributed by atoms with van der Waals surface area (Å²) in [5.74, 6) is -7.23. The number of halogens is 9. The Balaban J connectivity index is 2.36. The van der Waals surface area contributed by atoms with E-state index < -0.39 is 58.8 Å². The van der Waals surface area contributed by atoms with Crippen LogP contribution in [0.15, 0.2) is 35.1 Å². The molecule has 1 heterocycles. The minimum atomic E-state index is -5.87. The average molecular weight is 419 g/mol. The third-order valence-electron chi connectivity index (χ3n) is 3.66. The lowest BCUT2D eigenvalue weighted by molar-refractivity contribution is -0.290. The number of pyridine rings is 1. The van der Waals surface area contributed by atoms with Crippen molar-refractivity contribution in [3.63, 3.8) is 0 Å². The second-order valence-corrected chi connectivity index (χ2v) is 5.63. The van der Waals surface area contributed by atoms with Crippen molar-refractivity contribution in [3.05, 3.63) is 52.1 Å². The first-order chi connectivity index (χ1) is 12.6. The predicted molar refractivity (Wildman–Crippen MR) is 78.6 cm³/mol. The fraction of sp³-hybridized carbons (Fsp3) is 0.312. The van der Waals surface area contributed by atoms with Crippen LogP contribution in [0.5, 0.6) is 5.88 Å². The van der Waals surface area contributed by atoms with E-state index in [9.17, 15) is 44.3 Å². The van der Waals surface area contributed by atoms with E-state index >= 15 is 0 Å². The highest BCUT2D eigenvalue weighted by molar-refractivity contribution is 5.64. The van der Waals surface area contributed by atoms with E-state index in [-0.39, 0.29) is 6.07 Å². The third-order valence-corrected chi connectivity index (χ3v) is 3.66. The highest BCUT2D eigenvalue weighted by Crippen LogP contribution is 2.36. The predicted octanol–water partition coefficient (Wildman–Crippen LogP) is 4.79. The molecule has 0 saturated carbocycles. The van der Waals surface area contributed by atoms with Crippen LogP contribution in [0, 0.1) is 5.82 Å². The molecule has 154 valence electrons. The Bertz CT molecular complexity index is 929. The van der Waals surface area contributed by atoms with Gasteiger partial charge in [0.05, 0.1) is 11.1 Å². The lowest BCUT2D eigenvalue weighted by Crippen LogP contribution is -2.42. The molecule has 2 rings (SSSR count). The van der Waals surface area contributed by atoms with E-state index in [0.29, 0.717) is 16.7 Å². The minimum absolute atomic E-state index is 0.170. The molecule has 0 spiro atoms. The van der Waals surface area contributed by atoms with Gasteiger partial charge in [0.25, 0.3) is 5.56 Å². The van der Waals surface area contributed by atoms with Gasteiger partial charge < -0.3 is 4.74 Å². The van der Waals surface area contributed by atoms with Gasteiger partial charge in [-0.05, 0) is 24.3 Å². The Morgan fingerprint density at radius 3 is 2.00 bits per heavy atom. The molecule has 0 N–H and O–H groups in total. The molecule has 0 aliphatic carbocycles. The van der Waals surface area contributed by atoms with Crippen LogP contribution in [0.4, 0.5) is 39.5 Å². The normalized spacial score (nSPS) is 12.9. The van der Waals surface area contributed by atoms with E-state index in [1.54, 1.807) is 0 Å². The lowest BCUT2D eigenvalue weighted by atomic mass is 10.0. The van der Waals surface area contributed by atoms with Gasteiger partial charge >= 0.3 is 18.3 Å². The molecular weight excluding hydrogens is 409 g/mol. The smallest absolute Gasteiger partial charge is 0.456 e. The summed E-state index contributed by atoms with van der Waals surface area (Å²) in [6.07, 6.45) is -10.7. The summed E-state index contributed by atoms with van der Waals surface area (Å²) in [5, 5.41) is 0. The quantitative estimate of drug-likeness (QED) is 0.668. The molecule has 28 heavy (non-hydrogen) atoms. The fourth-order valence-electron chi connectivity index (χ4n) is 2.12. The summed E-state index contributed by atoms with van der Waals surface area (Å²) in [6, 6.07) is 3.07. The Labute approximate surface area is 151 Å². The Morgan fingerprint density at radius 2 is 1.50 bits per heavy atom. The van der Waals surface area contributed by atoms with Crippen molar-refractivity contribution in [1.82, 2.24) is 4.57 Å². The molecule has 0 amide bonds. The summed E-state index contributed by atoms with van der Waals surface area (Å²) >= 11 is 0. The molecule has 0 radical (unpaired) electrons. The molecule has 0 unspecified atom stereocenters. The number of aromatic nitrogens is 1. The maximum absolute atomic E-state index is 14.0. The van der Waals surface area contributed by atoms with Gasteiger partial charge in [-0.15, -0.1) is 0 Å². The monoisotopic (exact) mass is 419 g/mol. The zero-order valence-electron chi connectivity index (χ0n) is 13.8. The Morgan fingerprint density at radius 1 is 0.929 bits per heavy atom. The number of rotatable bonds is 4. The van der Waals surface area contributed by atoms with Crippen molar-refractivity contribution >= 4 is 0 Å². The Hall–Kier alpha value is -2.66. The third kappa shape index (κ3) is 4.25. The van der Waals surface area contributed by atoms with E-state index in [1.165, 1.54) is 0 Å². The largest absolute Gasteiger partial charge is 0.472 e. The van der Waals surface area contributed by atoms with Gasteiger partial charge in [0.2, 0.25) is 0 Å². The van der Waals surface area contributed by atoms with E-state index in [1.807, 2.05) is 0 Å². The van der Waals surface area contributed by atoms with Crippen LogP contribution in [0.25, 0.3) is 11.1 Å². The molecule has 3 nitrogen and oxygen atoms in total. The molecule has 2 aromatic rings. The van der Waals surface area contributed by atoms with Crippen molar-refractivity contribution in [1.29, 1.82) is 0 Å². The molecule has 1 aromatic heterocycles. The number of ether oxygens (including phenoxy) is 1. The number of alkyl halides is 8. The van der Waals surface area contributed by atoms with Crippen LogP contribution in [-0.2, 0) is 13.2 Å². The molecule has 0 bridgehead atoms. The summed E-state index contributed by atoms with van der Waals surface area (Å²) in [5.41, 5.74) is -3.32. The van der Waals surface area contributed by atoms with Gasteiger partial charge in [0.15, 0.2) is 12.5 Å². The first-order valence-electron chi connectivity index (χ1n) is 7.29. The van der Waals surface area contributed by atoms with Crippen molar-refractivity contribution in [2.24, 2.45) is 7.05 Å². The standard InChI is InChI=1S/C16H10F9NO2/c1-26-12(28-7-14(18,19)16(23,24)25)5-4-10(13(26)27)9-3-2-8(6-11(9)17)15(20,21)22/h2-6H,7H2,1H3. The Kier molecular flexibility index (Phi) is 5.46. The first kappa shape index (κ1) is 21.6. The molecule has 0 saturated heterocycles. The van der Waals surface area contributed by atoms with Gasteiger partial charge in [-0.1, -0.05) is 6.07 Å². The van der Waals surface area contributed by atoms with Gasteiger partial charge in [-0.25, -0.2) is 4.39 Å². The second-order valence-electron chi connectivity index (χ2n) is 5.63. The maximum atomic E-state index is 14.0. The lowest BCUT2D eigenvalue weighted by Gasteiger charge is -2.20. The van der Waals surface area contributed by atoms with Crippen LogP contribution in [0.3, 0.4) is 0 Å². The maximum Gasteiger partial charge on any atom is 0.456 e. The summed E-state index contributed by atoms with van der Waals surface area (Å²) in [7, 11) is 0.953. The molecular formula is C16H10F9NO2. The SMILES string of the molecule is Cn1c(OCC(F)(F)C(F)(F)F)ccc(-c2ccc(C(F)(F)F)cc2F)c1=O.